The zero-order valence-corrected chi connectivity index (χ0v) is 10.2. The van der Waals surface area contributed by atoms with E-state index >= 15 is 0 Å². The van der Waals surface area contributed by atoms with Crippen molar-refractivity contribution in [2.24, 2.45) is 0 Å². The molecule has 1 aromatic heterocycles. The number of anilines is 1. The minimum Gasteiger partial charge on any atom is -0.352 e. The quantitative estimate of drug-likeness (QED) is 0.787. The predicted molar refractivity (Wildman–Crippen MR) is 69.2 cm³/mol. The first-order valence-electron chi connectivity index (χ1n) is 6.50. The fourth-order valence-corrected chi connectivity index (χ4v) is 2.67. The molecular formula is C13H20N4. The van der Waals surface area contributed by atoms with Crippen LogP contribution in [0.15, 0.2) is 25.0 Å². The molecule has 1 atom stereocenters. The lowest BCUT2D eigenvalue weighted by Gasteiger charge is -2.17. The van der Waals surface area contributed by atoms with Gasteiger partial charge >= 0.3 is 0 Å². The lowest BCUT2D eigenvalue weighted by Crippen LogP contribution is -2.24. The third-order valence-corrected chi connectivity index (χ3v) is 3.72. The molecule has 4 heteroatoms. The summed E-state index contributed by atoms with van der Waals surface area (Å²) in [5.74, 6) is 0.979. The van der Waals surface area contributed by atoms with E-state index in [9.17, 15) is 0 Å². The molecule has 0 radical (unpaired) electrons. The van der Waals surface area contributed by atoms with E-state index in [-0.39, 0.29) is 0 Å². The Morgan fingerprint density at radius 1 is 1.41 bits per heavy atom. The van der Waals surface area contributed by atoms with Gasteiger partial charge in [-0.25, -0.2) is 4.98 Å². The first kappa shape index (κ1) is 10.8. The van der Waals surface area contributed by atoms with Crippen molar-refractivity contribution in [2.75, 3.05) is 25.0 Å². The first-order chi connectivity index (χ1) is 8.38. The highest BCUT2D eigenvalue weighted by Crippen LogP contribution is 2.34. The zero-order valence-electron chi connectivity index (χ0n) is 10.2. The van der Waals surface area contributed by atoms with Crippen LogP contribution >= 0.6 is 0 Å². The molecule has 4 nitrogen and oxygen atoms in total. The van der Waals surface area contributed by atoms with Gasteiger partial charge in [0.2, 0.25) is 5.95 Å². The standard InChI is InChI=1S/C13H20N4/c1-2-6-14-13-15-7-9-17(13)12-5-8-16(10-12)11-3-4-11/h2,7,9,11-12H,1,3-6,8,10H2,(H,14,15). The minimum absolute atomic E-state index is 0.588. The van der Waals surface area contributed by atoms with E-state index in [1.807, 2.05) is 12.3 Å². The monoisotopic (exact) mass is 232 g/mol. The Bertz CT molecular complexity index is 394. The molecule has 2 aliphatic rings. The van der Waals surface area contributed by atoms with E-state index in [2.05, 4.69) is 32.5 Å². The second-order valence-corrected chi connectivity index (χ2v) is 5.00. The molecule has 92 valence electrons. The Labute approximate surface area is 102 Å². The molecule has 2 heterocycles. The second kappa shape index (κ2) is 4.53. The first-order valence-corrected chi connectivity index (χ1v) is 6.50. The second-order valence-electron chi connectivity index (χ2n) is 5.00. The summed E-state index contributed by atoms with van der Waals surface area (Å²) >= 11 is 0. The molecule has 0 bridgehead atoms. The summed E-state index contributed by atoms with van der Waals surface area (Å²) in [5.41, 5.74) is 0. The molecule has 1 saturated heterocycles. The molecule has 0 aromatic carbocycles. The fourth-order valence-electron chi connectivity index (χ4n) is 2.67. The highest BCUT2D eigenvalue weighted by Gasteiger charge is 2.35. The lowest BCUT2D eigenvalue weighted by molar-refractivity contribution is 0.314. The Kier molecular flexibility index (Phi) is 2.89. The van der Waals surface area contributed by atoms with Crippen LogP contribution in [0.2, 0.25) is 0 Å². The van der Waals surface area contributed by atoms with Crippen molar-refractivity contribution in [1.29, 1.82) is 0 Å². The molecule has 2 fully saturated rings. The summed E-state index contributed by atoms with van der Waals surface area (Å²) < 4.78 is 2.28. The minimum atomic E-state index is 0.588. The van der Waals surface area contributed by atoms with Crippen LogP contribution in [0, 0.1) is 0 Å². The summed E-state index contributed by atoms with van der Waals surface area (Å²) in [4.78, 5) is 7.00. The highest BCUT2D eigenvalue weighted by atomic mass is 15.3. The van der Waals surface area contributed by atoms with Crippen LogP contribution in [0.5, 0.6) is 0 Å². The third kappa shape index (κ3) is 2.22. The molecule has 17 heavy (non-hydrogen) atoms. The fraction of sp³-hybridized carbons (Fsp3) is 0.615. The maximum absolute atomic E-state index is 4.37. The van der Waals surface area contributed by atoms with Crippen molar-refractivity contribution in [2.45, 2.75) is 31.3 Å². The van der Waals surface area contributed by atoms with E-state index < -0.39 is 0 Å². The van der Waals surface area contributed by atoms with Gasteiger partial charge in [-0.15, -0.1) is 6.58 Å². The molecule has 1 saturated carbocycles. The van der Waals surface area contributed by atoms with E-state index in [1.165, 1.54) is 32.4 Å². The number of nitrogens with one attached hydrogen (secondary N) is 1. The van der Waals surface area contributed by atoms with Gasteiger partial charge in [0.05, 0.1) is 6.04 Å². The van der Waals surface area contributed by atoms with Gasteiger partial charge in [-0.1, -0.05) is 6.08 Å². The molecule has 0 amide bonds. The van der Waals surface area contributed by atoms with Crippen molar-refractivity contribution < 1.29 is 0 Å². The zero-order chi connectivity index (χ0) is 11.7. The predicted octanol–water partition coefficient (Wildman–Crippen LogP) is 1.89. The Morgan fingerprint density at radius 2 is 2.29 bits per heavy atom. The normalized spacial score (nSPS) is 25.1. The van der Waals surface area contributed by atoms with Gasteiger partial charge in [-0.2, -0.15) is 0 Å². The number of aromatic nitrogens is 2. The highest BCUT2D eigenvalue weighted by molar-refractivity contribution is 5.28. The van der Waals surface area contributed by atoms with Gasteiger partial charge in [-0.05, 0) is 19.3 Å². The van der Waals surface area contributed by atoms with Crippen molar-refractivity contribution >= 4 is 5.95 Å². The molecule has 3 rings (SSSR count). The van der Waals surface area contributed by atoms with Crippen molar-refractivity contribution in [3.63, 3.8) is 0 Å². The van der Waals surface area contributed by atoms with Crippen LogP contribution in [0.1, 0.15) is 25.3 Å². The average Bonchev–Trinajstić information content (AvgIpc) is 2.92. The maximum Gasteiger partial charge on any atom is 0.203 e. The number of imidazole rings is 1. The van der Waals surface area contributed by atoms with Gasteiger partial charge in [0.1, 0.15) is 0 Å². The van der Waals surface area contributed by atoms with Gasteiger partial charge in [0.25, 0.3) is 0 Å². The Hall–Kier alpha value is -1.29. The molecule has 1 unspecified atom stereocenters. The average molecular weight is 232 g/mol. The summed E-state index contributed by atoms with van der Waals surface area (Å²) in [6.07, 6.45) is 9.88. The summed E-state index contributed by atoms with van der Waals surface area (Å²) in [5, 5.41) is 3.29. The number of likely N-dealkylation sites (tertiary alicyclic amines) is 1. The van der Waals surface area contributed by atoms with E-state index in [0.29, 0.717) is 6.04 Å². The van der Waals surface area contributed by atoms with Crippen LogP contribution in [-0.2, 0) is 0 Å². The molecular weight excluding hydrogens is 212 g/mol. The van der Waals surface area contributed by atoms with E-state index in [0.717, 1.165) is 18.5 Å². The smallest absolute Gasteiger partial charge is 0.203 e. The largest absolute Gasteiger partial charge is 0.352 e. The lowest BCUT2D eigenvalue weighted by atomic mass is 10.2. The van der Waals surface area contributed by atoms with Crippen LogP contribution in [0.25, 0.3) is 0 Å². The van der Waals surface area contributed by atoms with Gasteiger partial charge in [0.15, 0.2) is 0 Å². The van der Waals surface area contributed by atoms with Crippen molar-refractivity contribution in [3.8, 4) is 0 Å². The summed E-state index contributed by atoms with van der Waals surface area (Å²) in [6.45, 7) is 6.93. The van der Waals surface area contributed by atoms with Crippen LogP contribution in [0.4, 0.5) is 5.95 Å². The third-order valence-electron chi connectivity index (χ3n) is 3.72. The molecule has 1 N–H and O–H groups in total. The van der Waals surface area contributed by atoms with Gasteiger partial charge in [-0.3, -0.25) is 4.90 Å². The maximum atomic E-state index is 4.37. The molecule has 0 spiro atoms. The van der Waals surface area contributed by atoms with Crippen LogP contribution in [0.3, 0.4) is 0 Å². The summed E-state index contributed by atoms with van der Waals surface area (Å²) in [6, 6.07) is 1.47. The Morgan fingerprint density at radius 3 is 3.06 bits per heavy atom. The van der Waals surface area contributed by atoms with Gasteiger partial charge in [0, 0.05) is 38.1 Å². The van der Waals surface area contributed by atoms with Gasteiger partial charge < -0.3 is 9.88 Å². The topological polar surface area (TPSA) is 33.1 Å². The molecule has 1 aromatic rings. The van der Waals surface area contributed by atoms with Crippen LogP contribution < -0.4 is 5.32 Å². The van der Waals surface area contributed by atoms with E-state index in [1.54, 1.807) is 0 Å². The van der Waals surface area contributed by atoms with Crippen molar-refractivity contribution in [1.82, 2.24) is 14.5 Å². The number of hydrogen-bond acceptors (Lipinski definition) is 3. The van der Waals surface area contributed by atoms with E-state index in [4.69, 9.17) is 0 Å². The molecule has 1 aliphatic heterocycles. The summed E-state index contributed by atoms with van der Waals surface area (Å²) in [7, 11) is 0. The number of hydrogen-bond donors (Lipinski definition) is 1. The SMILES string of the molecule is C=CCNc1nccn1C1CCN(C2CC2)C1. The number of rotatable bonds is 5. The number of nitrogens with zero attached hydrogens (tertiary/aromatic N) is 3. The molecule has 1 aliphatic carbocycles. The Balaban J connectivity index is 1.67. The van der Waals surface area contributed by atoms with Crippen LogP contribution in [-0.4, -0.2) is 40.1 Å². The van der Waals surface area contributed by atoms with Crippen molar-refractivity contribution in [3.05, 3.63) is 25.0 Å².